The molecule has 0 spiro atoms. The molecule has 2 atom stereocenters. The summed E-state index contributed by atoms with van der Waals surface area (Å²) in [6.45, 7) is 17.1. The van der Waals surface area contributed by atoms with Crippen molar-refractivity contribution >= 4 is 69.9 Å². The van der Waals surface area contributed by atoms with Crippen LogP contribution in [0.4, 0.5) is 4.39 Å². The number of pyridine rings is 4. The molecule has 0 aromatic carbocycles. The Balaban J connectivity index is 0.000000182. The molecule has 6 aliphatic rings. The number of carboxylic acid groups (broad SMARTS) is 1. The zero-order chi connectivity index (χ0) is 59.9. The van der Waals surface area contributed by atoms with E-state index in [2.05, 4.69) is 53.1 Å². The van der Waals surface area contributed by atoms with E-state index in [-0.39, 0.29) is 48.1 Å². The number of nitrogens with zero attached hydrogens (tertiary/aromatic N) is 6. The lowest BCUT2D eigenvalue weighted by Crippen LogP contribution is -2.57. The van der Waals surface area contributed by atoms with Crippen LogP contribution in [0.5, 0.6) is 0 Å². The molecule has 0 radical (unpaired) electrons. The number of H-pyrrole nitrogens is 2. The van der Waals surface area contributed by atoms with Gasteiger partial charge in [0.15, 0.2) is 0 Å². The van der Waals surface area contributed by atoms with E-state index < -0.39 is 13.1 Å². The van der Waals surface area contributed by atoms with Crippen LogP contribution >= 0.6 is 35.9 Å². The Labute approximate surface area is 509 Å². The summed E-state index contributed by atoms with van der Waals surface area (Å²) in [4.78, 5) is 71.3. The number of carbonyl (C=O) groups excluding carboxylic acids is 1. The fraction of sp³-hybridized carbons (Fsp3) is 0.587. The van der Waals surface area contributed by atoms with E-state index in [0.29, 0.717) is 77.1 Å². The SMILES string of the molecule is CSc1cc(C)[nH]c(=O)c1CN.CSc1cc(C)[nH]c(=O)c1CNC(=O)c1c(C)n([C@H](C)C2CCC(N3CC(OC4CC4)C3)CC2)c2ncccc12.Cc1c(C(=O)O)c2cccnc2n1[C@H](C)C1CCC(N2CC(OC3CC3)C2)CC1.Cl.[2H]CF. The van der Waals surface area contributed by atoms with Gasteiger partial charge in [0.1, 0.15) is 11.3 Å². The number of nitrogens with one attached hydrogen (secondary N) is 3. The molecule has 2 saturated heterocycles. The number of carbonyl (C=O) groups is 2. The number of fused-ring (bicyclic) bond motifs is 2. The predicted octanol–water partition coefficient (Wildman–Crippen LogP) is 10.9. The molecular weight excluding hydrogens is 1130 g/mol. The molecular formula is C63H88ClFN10O7S2. The van der Waals surface area contributed by atoms with E-state index in [0.717, 1.165) is 80.8 Å². The number of aromatic amines is 2. The number of aromatic carboxylic acids is 1. The van der Waals surface area contributed by atoms with Crippen molar-refractivity contribution in [3.05, 3.63) is 115 Å². The number of alkyl halides is 1. The maximum absolute atomic E-state index is 13.6. The molecule has 21 heteroatoms. The Kier molecular flexibility index (Phi) is 22.0. The van der Waals surface area contributed by atoms with Crippen molar-refractivity contribution < 1.29 is 29.9 Å². The van der Waals surface area contributed by atoms with Crippen LogP contribution < -0.4 is 22.2 Å². The van der Waals surface area contributed by atoms with Gasteiger partial charge >= 0.3 is 5.97 Å². The summed E-state index contributed by atoms with van der Waals surface area (Å²) >= 11 is 3.07. The number of thioether (sulfide) groups is 2. The molecule has 458 valence electrons. The van der Waals surface area contributed by atoms with Gasteiger partial charge in [-0.2, -0.15) is 0 Å². The maximum Gasteiger partial charge on any atom is 0.338 e. The molecule has 6 aromatic heterocycles. The first kappa shape index (κ1) is 63.4. The Bertz CT molecular complexity index is 3360. The van der Waals surface area contributed by atoms with Gasteiger partial charge in [0.05, 0.1) is 44.1 Å². The summed E-state index contributed by atoms with van der Waals surface area (Å²) in [7, 11) is -1.00. The van der Waals surface area contributed by atoms with Gasteiger partial charge < -0.3 is 44.7 Å². The van der Waals surface area contributed by atoms with Gasteiger partial charge in [0, 0.05) is 130 Å². The minimum absolute atomic E-state index is 0. The first-order valence-corrected chi connectivity index (χ1v) is 32.2. The van der Waals surface area contributed by atoms with E-state index in [4.69, 9.17) is 21.6 Å². The highest BCUT2D eigenvalue weighted by atomic mass is 35.5. The number of amides is 1. The third kappa shape index (κ3) is 14.7. The van der Waals surface area contributed by atoms with Crippen LogP contribution in [0.1, 0.15) is 159 Å². The third-order valence-electron chi connectivity index (χ3n) is 18.3. The highest BCUT2D eigenvalue weighted by Gasteiger charge is 2.41. The number of carboxylic acids is 1. The van der Waals surface area contributed by atoms with Gasteiger partial charge in [-0.15, -0.1) is 35.9 Å². The molecule has 6 N–H and O–H groups in total. The Morgan fingerprint density at radius 1 is 0.702 bits per heavy atom. The van der Waals surface area contributed by atoms with Crippen LogP contribution in [0, 0.1) is 39.5 Å². The van der Waals surface area contributed by atoms with Crippen LogP contribution in [0.3, 0.4) is 0 Å². The molecule has 6 fully saturated rings. The van der Waals surface area contributed by atoms with E-state index in [9.17, 15) is 28.7 Å². The molecule has 1 amide bonds. The normalized spacial score (nSPS) is 21.9. The molecule has 12 rings (SSSR count). The highest BCUT2D eigenvalue weighted by Crippen LogP contribution is 2.42. The van der Waals surface area contributed by atoms with Gasteiger partial charge in [-0.25, -0.2) is 14.8 Å². The molecule has 6 aromatic rings. The Hall–Kier alpha value is -5.06. The zero-order valence-corrected chi connectivity index (χ0v) is 52.5. The van der Waals surface area contributed by atoms with Crippen molar-refractivity contribution in [2.45, 2.75) is 190 Å². The quantitative estimate of drug-likeness (QED) is 0.0537. The smallest absolute Gasteiger partial charge is 0.338 e. The lowest BCUT2D eigenvalue weighted by molar-refractivity contribution is -0.0864. The van der Waals surface area contributed by atoms with Gasteiger partial charge in [-0.1, -0.05) is 0 Å². The second-order valence-electron chi connectivity index (χ2n) is 23.7. The lowest BCUT2D eigenvalue weighted by atomic mass is 9.80. The van der Waals surface area contributed by atoms with Crippen molar-refractivity contribution in [2.24, 2.45) is 17.6 Å². The fourth-order valence-electron chi connectivity index (χ4n) is 13.4. The van der Waals surface area contributed by atoms with Crippen molar-refractivity contribution in [1.29, 1.82) is 0 Å². The van der Waals surface area contributed by atoms with Crippen molar-refractivity contribution in [2.75, 3.05) is 45.8 Å². The summed E-state index contributed by atoms with van der Waals surface area (Å²) in [5, 5.41) is 14.4. The van der Waals surface area contributed by atoms with Crippen LogP contribution in [-0.2, 0) is 22.6 Å². The Morgan fingerprint density at radius 2 is 1.11 bits per heavy atom. The molecule has 84 heavy (non-hydrogen) atoms. The average Bonchev–Trinajstić information content (AvgIpc) is 2.86. The van der Waals surface area contributed by atoms with Crippen molar-refractivity contribution in [1.82, 2.24) is 44.2 Å². The summed E-state index contributed by atoms with van der Waals surface area (Å²) < 4.78 is 32.0. The number of nitrogens with two attached hydrogens (primary N) is 1. The highest BCUT2D eigenvalue weighted by molar-refractivity contribution is 7.98. The second kappa shape index (κ2) is 29.1. The Morgan fingerprint density at radius 3 is 1.51 bits per heavy atom. The lowest BCUT2D eigenvalue weighted by Gasteiger charge is -2.47. The summed E-state index contributed by atoms with van der Waals surface area (Å²) in [6, 6.07) is 13.3. The molecule has 0 unspecified atom stereocenters. The first-order valence-electron chi connectivity index (χ1n) is 30.5. The minimum atomic E-state index is -1.00. The monoisotopic (exact) mass is 1220 g/mol. The van der Waals surface area contributed by atoms with Gasteiger partial charge in [-0.3, -0.25) is 28.6 Å². The third-order valence-corrected chi connectivity index (χ3v) is 19.9. The zero-order valence-electron chi connectivity index (χ0n) is 51.1. The molecule has 8 heterocycles. The van der Waals surface area contributed by atoms with Crippen LogP contribution in [0.2, 0.25) is 0 Å². The average molecular weight is 1220 g/mol. The van der Waals surface area contributed by atoms with Crippen molar-refractivity contribution in [3.8, 4) is 0 Å². The second-order valence-corrected chi connectivity index (χ2v) is 25.4. The number of halogens is 2. The first-order chi connectivity index (χ1) is 40.5. The topological polar surface area (TPSA) is 219 Å². The number of ether oxygens (including phenoxy) is 2. The van der Waals surface area contributed by atoms with E-state index in [1.54, 1.807) is 18.0 Å². The number of rotatable bonds is 17. The van der Waals surface area contributed by atoms with Gasteiger partial charge in [-0.05, 0) is 179 Å². The fourth-order valence-corrected chi connectivity index (χ4v) is 14.8. The number of likely N-dealkylation sites (tertiary alicyclic amines) is 2. The summed E-state index contributed by atoms with van der Waals surface area (Å²) in [5.74, 6) is 0.0661. The van der Waals surface area contributed by atoms with Gasteiger partial charge in [0.25, 0.3) is 17.0 Å². The number of aromatic nitrogens is 6. The van der Waals surface area contributed by atoms with Gasteiger partial charge in [0.2, 0.25) is 0 Å². The molecule has 2 aliphatic heterocycles. The summed E-state index contributed by atoms with van der Waals surface area (Å²) in [6.07, 6.45) is 24.1. The van der Waals surface area contributed by atoms with Crippen LogP contribution in [0.15, 0.2) is 68.2 Å². The standard InChI is InChI=1S/C31H41N5O3S.C23H31N3O3.C8H12N2OS.CH3F.ClH/c1-18-14-27(40-4)26(30(37)34-18)15-33-31(38)28-20(3)36(29-25(28)6-5-13-32-29)19(2)21-7-9-22(10-8-21)35-16-24(17-35)39-23-11-12-23;1-14(26-15(2)21(23(27)28)20-4-3-11-24-22(20)26)16-5-7-17(8-6-16)25-12-19(13-25)29-18-9-10-18;1-5-3-7(12-2)6(4-9)8(11)10-5;1-2;/h5-6,13-14,19,21-24H,7-12,15-17H2,1-4H3,(H,33,38)(H,34,37);3-4,11,14,16-19H,5-10,12-13H2,1-2H3,(H,27,28);3H,4,9H2,1-2H3,(H,10,11);1H3;1H/t19-,21?,22?;14-,16?,17?;;;/m11.../s1/i;;;1D;. The van der Waals surface area contributed by atoms with Crippen LogP contribution in [0.25, 0.3) is 22.1 Å². The van der Waals surface area contributed by atoms with E-state index in [1.165, 1.54) is 88.8 Å². The number of hydrogen-bond acceptors (Lipinski definition) is 13. The molecule has 17 nitrogen and oxygen atoms in total. The number of aryl methyl sites for hydroxylation is 2. The predicted molar refractivity (Wildman–Crippen MR) is 336 cm³/mol. The molecule has 4 aliphatic carbocycles. The van der Waals surface area contributed by atoms with E-state index >= 15 is 0 Å². The maximum atomic E-state index is 13.6. The summed E-state index contributed by atoms with van der Waals surface area (Å²) in [5.41, 5.74) is 12.7. The molecule has 0 bridgehead atoms. The largest absolute Gasteiger partial charge is 0.478 e. The van der Waals surface area contributed by atoms with Crippen LogP contribution in [-0.4, -0.2) is 138 Å². The van der Waals surface area contributed by atoms with E-state index in [1.807, 2.05) is 82.8 Å². The molecule has 4 saturated carbocycles. The minimum Gasteiger partial charge on any atom is -0.478 e. The number of hydrogen-bond donors (Lipinski definition) is 5. The van der Waals surface area contributed by atoms with Crippen molar-refractivity contribution in [3.63, 3.8) is 0 Å².